The highest BCUT2D eigenvalue weighted by molar-refractivity contribution is 5.52. The molecule has 2 rings (SSSR count). The first-order chi connectivity index (χ1) is 9.63. The highest BCUT2D eigenvalue weighted by Gasteiger charge is 2.01. The van der Waals surface area contributed by atoms with E-state index in [1.165, 1.54) is 0 Å². The minimum absolute atomic E-state index is 0.0552. The third kappa shape index (κ3) is 3.09. The van der Waals surface area contributed by atoms with Gasteiger partial charge < -0.3 is 5.11 Å². The first-order valence-electron chi connectivity index (χ1n) is 6.43. The molecule has 0 atom stereocenters. The van der Waals surface area contributed by atoms with Crippen LogP contribution in [0.1, 0.15) is 33.4 Å². The second kappa shape index (κ2) is 6.11. The van der Waals surface area contributed by atoms with Crippen LogP contribution in [0.4, 0.5) is 0 Å². The lowest BCUT2D eigenvalue weighted by Crippen LogP contribution is -1.90. The summed E-state index contributed by atoms with van der Waals surface area (Å²) in [6, 6.07) is 11.6. The third-order valence-electron chi connectivity index (χ3n) is 3.16. The van der Waals surface area contributed by atoms with Gasteiger partial charge in [0.2, 0.25) is 0 Å². The molecule has 2 aromatic rings. The van der Waals surface area contributed by atoms with Crippen LogP contribution < -0.4 is 0 Å². The molecule has 0 aliphatic carbocycles. The maximum Gasteiger partial charge on any atom is 0.0681 e. The number of aliphatic hydroxyl groups is 1. The van der Waals surface area contributed by atoms with Crippen molar-refractivity contribution < 1.29 is 5.11 Å². The topological polar surface area (TPSA) is 20.2 Å². The summed E-state index contributed by atoms with van der Waals surface area (Å²) in [5, 5.41) is 8.99. The Morgan fingerprint density at radius 3 is 2.00 bits per heavy atom. The smallest absolute Gasteiger partial charge is 0.0681 e. The van der Waals surface area contributed by atoms with E-state index in [-0.39, 0.29) is 6.61 Å². The second-order valence-electron chi connectivity index (χ2n) is 4.73. The molecule has 0 bridgehead atoms. The minimum Gasteiger partial charge on any atom is -0.392 e. The molecule has 0 radical (unpaired) electrons. The van der Waals surface area contributed by atoms with Gasteiger partial charge in [-0.25, -0.2) is 0 Å². The zero-order valence-corrected chi connectivity index (χ0v) is 11.7. The molecule has 0 saturated carbocycles. The normalized spacial score (nSPS) is 9.50. The fourth-order valence-electron chi connectivity index (χ4n) is 2.10. The van der Waals surface area contributed by atoms with Gasteiger partial charge in [0.05, 0.1) is 6.61 Å². The van der Waals surface area contributed by atoms with E-state index >= 15 is 0 Å². The third-order valence-corrected chi connectivity index (χ3v) is 3.16. The average molecular weight is 260 g/mol. The molecule has 2 aromatic carbocycles. The Morgan fingerprint density at radius 1 is 0.950 bits per heavy atom. The number of aliphatic hydroxyl groups excluding tert-OH is 1. The first-order valence-corrected chi connectivity index (χ1v) is 6.43. The van der Waals surface area contributed by atoms with Crippen molar-refractivity contribution in [1.82, 2.24) is 0 Å². The van der Waals surface area contributed by atoms with Crippen LogP contribution in [0.5, 0.6) is 0 Å². The Morgan fingerprint density at radius 2 is 1.50 bits per heavy atom. The maximum absolute atomic E-state index is 8.99. The fraction of sp³-hybridized carbons (Fsp3) is 0.158. The molecule has 1 nitrogen and oxygen atoms in total. The Kier molecular flexibility index (Phi) is 4.26. The summed E-state index contributed by atoms with van der Waals surface area (Å²) in [5.74, 6) is 8.98. The van der Waals surface area contributed by atoms with Gasteiger partial charge in [-0.15, -0.1) is 6.42 Å². The van der Waals surface area contributed by atoms with E-state index in [1.807, 2.05) is 50.2 Å². The van der Waals surface area contributed by atoms with E-state index in [2.05, 4.69) is 17.8 Å². The van der Waals surface area contributed by atoms with Crippen molar-refractivity contribution in [3.63, 3.8) is 0 Å². The van der Waals surface area contributed by atoms with Gasteiger partial charge in [0.1, 0.15) is 0 Å². The Labute approximate surface area is 120 Å². The summed E-state index contributed by atoms with van der Waals surface area (Å²) < 4.78 is 0. The van der Waals surface area contributed by atoms with Crippen LogP contribution in [0.3, 0.4) is 0 Å². The summed E-state index contributed by atoms with van der Waals surface area (Å²) in [6.45, 7) is 4.06. The molecule has 0 fully saturated rings. The maximum atomic E-state index is 8.99. The lowest BCUT2D eigenvalue weighted by Gasteiger charge is -2.04. The highest BCUT2D eigenvalue weighted by Crippen LogP contribution is 2.15. The SMILES string of the molecule is C#Cc1c(C)cc(C#Cc2ccc(CO)cc2)cc1C. The standard InChI is InChI=1S/C19H16O/c1-4-19-14(2)11-18(12-15(19)3)10-7-16-5-8-17(13-20)9-6-16/h1,5-6,8-9,11-12,20H,13H2,2-3H3. The van der Waals surface area contributed by atoms with Gasteiger partial charge in [-0.2, -0.15) is 0 Å². The van der Waals surface area contributed by atoms with E-state index in [0.717, 1.165) is 33.4 Å². The van der Waals surface area contributed by atoms with Gasteiger partial charge >= 0.3 is 0 Å². The predicted octanol–water partition coefficient (Wildman–Crippen LogP) is 3.18. The van der Waals surface area contributed by atoms with E-state index in [9.17, 15) is 0 Å². The zero-order valence-electron chi connectivity index (χ0n) is 11.7. The second-order valence-corrected chi connectivity index (χ2v) is 4.73. The summed E-state index contributed by atoms with van der Waals surface area (Å²) in [6.07, 6.45) is 5.49. The molecule has 0 spiro atoms. The zero-order chi connectivity index (χ0) is 14.5. The minimum atomic E-state index is 0.0552. The van der Waals surface area contributed by atoms with Crippen LogP contribution in [-0.4, -0.2) is 5.11 Å². The molecule has 1 N–H and O–H groups in total. The van der Waals surface area contributed by atoms with Crippen molar-refractivity contribution in [3.05, 3.63) is 69.8 Å². The number of rotatable bonds is 1. The first kappa shape index (κ1) is 13.9. The Hall–Kier alpha value is -2.48. The Balaban J connectivity index is 2.31. The van der Waals surface area contributed by atoms with Gasteiger partial charge in [-0.1, -0.05) is 29.9 Å². The molecule has 0 aliphatic heterocycles. The molecule has 0 aliphatic rings. The highest BCUT2D eigenvalue weighted by atomic mass is 16.3. The molecule has 0 heterocycles. The van der Waals surface area contributed by atoms with Crippen LogP contribution in [0.2, 0.25) is 0 Å². The van der Waals surface area contributed by atoms with Gasteiger partial charge in [-0.3, -0.25) is 0 Å². The quantitative estimate of drug-likeness (QED) is 0.781. The van der Waals surface area contributed by atoms with E-state index in [0.29, 0.717) is 0 Å². The predicted molar refractivity (Wildman–Crippen MR) is 82.2 cm³/mol. The number of benzene rings is 2. The number of aryl methyl sites for hydroxylation is 2. The van der Waals surface area contributed by atoms with Crippen molar-refractivity contribution in [2.75, 3.05) is 0 Å². The van der Waals surface area contributed by atoms with Gasteiger partial charge in [0.15, 0.2) is 0 Å². The molecule has 20 heavy (non-hydrogen) atoms. The van der Waals surface area contributed by atoms with E-state index in [1.54, 1.807) is 0 Å². The molecule has 0 unspecified atom stereocenters. The van der Waals surface area contributed by atoms with Crippen LogP contribution in [0, 0.1) is 38.0 Å². The molecule has 1 heteroatoms. The van der Waals surface area contributed by atoms with Crippen molar-refractivity contribution >= 4 is 0 Å². The molecular weight excluding hydrogens is 244 g/mol. The van der Waals surface area contributed by atoms with Crippen molar-refractivity contribution in [2.24, 2.45) is 0 Å². The van der Waals surface area contributed by atoms with Gasteiger partial charge in [-0.05, 0) is 54.8 Å². The van der Waals surface area contributed by atoms with Crippen LogP contribution >= 0.6 is 0 Å². The number of terminal acetylenes is 1. The molecule has 98 valence electrons. The summed E-state index contributed by atoms with van der Waals surface area (Å²) in [5.41, 5.74) is 5.88. The van der Waals surface area contributed by atoms with Gasteiger partial charge in [0.25, 0.3) is 0 Å². The number of hydrogen-bond donors (Lipinski definition) is 1. The average Bonchev–Trinajstić information content (AvgIpc) is 2.45. The molecule has 0 saturated heterocycles. The van der Waals surface area contributed by atoms with Crippen LogP contribution in [-0.2, 0) is 6.61 Å². The largest absolute Gasteiger partial charge is 0.392 e. The Bertz CT molecular complexity index is 696. The summed E-state index contributed by atoms with van der Waals surface area (Å²) in [7, 11) is 0. The summed E-state index contributed by atoms with van der Waals surface area (Å²) >= 11 is 0. The van der Waals surface area contributed by atoms with E-state index < -0.39 is 0 Å². The van der Waals surface area contributed by atoms with Crippen molar-refractivity contribution in [3.8, 4) is 24.2 Å². The van der Waals surface area contributed by atoms with E-state index in [4.69, 9.17) is 11.5 Å². The molecular formula is C19H16O. The molecule has 0 aromatic heterocycles. The summed E-state index contributed by atoms with van der Waals surface area (Å²) in [4.78, 5) is 0. The fourth-order valence-corrected chi connectivity index (χ4v) is 2.10. The van der Waals surface area contributed by atoms with Crippen LogP contribution in [0.25, 0.3) is 0 Å². The van der Waals surface area contributed by atoms with Crippen LogP contribution in [0.15, 0.2) is 36.4 Å². The van der Waals surface area contributed by atoms with Crippen molar-refractivity contribution in [2.45, 2.75) is 20.5 Å². The molecule has 0 amide bonds. The van der Waals surface area contributed by atoms with Gasteiger partial charge in [0, 0.05) is 16.7 Å². The number of hydrogen-bond acceptors (Lipinski definition) is 1. The van der Waals surface area contributed by atoms with Crippen molar-refractivity contribution in [1.29, 1.82) is 0 Å². The lowest BCUT2D eigenvalue weighted by atomic mass is 10.00. The lowest BCUT2D eigenvalue weighted by molar-refractivity contribution is 0.282. The monoisotopic (exact) mass is 260 g/mol.